The van der Waals surface area contributed by atoms with Crippen LogP contribution in [0.25, 0.3) is 0 Å². The van der Waals surface area contributed by atoms with Crippen molar-refractivity contribution in [2.45, 2.75) is 26.7 Å². The molecular formula is C15H16N2O3S. The molecule has 0 aliphatic rings. The topological polar surface area (TPSA) is 79.3 Å². The maximum absolute atomic E-state index is 12.0. The second kappa shape index (κ2) is 6.49. The van der Waals surface area contributed by atoms with Crippen molar-refractivity contribution in [3.63, 3.8) is 0 Å². The number of nitrogens with zero attached hydrogens (tertiary/aromatic N) is 1. The highest BCUT2D eigenvalue weighted by Crippen LogP contribution is 2.20. The van der Waals surface area contributed by atoms with E-state index in [1.54, 1.807) is 0 Å². The van der Waals surface area contributed by atoms with E-state index in [9.17, 15) is 9.59 Å². The molecule has 21 heavy (non-hydrogen) atoms. The Hall–Kier alpha value is -2.21. The maximum atomic E-state index is 12.0. The largest absolute Gasteiger partial charge is 0.477 e. The molecular weight excluding hydrogens is 288 g/mol. The number of hydrogen-bond acceptors (Lipinski definition) is 4. The molecule has 110 valence electrons. The number of carboxylic acid groups (broad SMARTS) is 1. The molecule has 5 nitrogen and oxygen atoms in total. The molecule has 0 radical (unpaired) electrons. The fraction of sp³-hybridized carbons (Fsp3) is 0.267. The van der Waals surface area contributed by atoms with E-state index in [0.29, 0.717) is 17.1 Å². The van der Waals surface area contributed by atoms with Crippen LogP contribution in [0.1, 0.15) is 32.9 Å². The molecule has 2 rings (SSSR count). The fourth-order valence-corrected chi connectivity index (χ4v) is 2.92. The zero-order valence-corrected chi connectivity index (χ0v) is 12.7. The van der Waals surface area contributed by atoms with Gasteiger partial charge in [0.1, 0.15) is 9.88 Å². The van der Waals surface area contributed by atoms with Crippen molar-refractivity contribution in [3.05, 3.63) is 45.4 Å². The Balaban J connectivity index is 2.10. The van der Waals surface area contributed by atoms with Gasteiger partial charge in [-0.2, -0.15) is 0 Å². The van der Waals surface area contributed by atoms with E-state index in [4.69, 9.17) is 5.11 Å². The highest BCUT2D eigenvalue weighted by molar-refractivity contribution is 7.13. The van der Waals surface area contributed by atoms with Gasteiger partial charge in [-0.15, -0.1) is 11.3 Å². The van der Waals surface area contributed by atoms with Crippen molar-refractivity contribution in [3.8, 4) is 0 Å². The minimum atomic E-state index is -0.991. The number of anilines is 1. The van der Waals surface area contributed by atoms with Crippen LogP contribution in [-0.2, 0) is 17.6 Å². The quantitative estimate of drug-likeness (QED) is 0.890. The van der Waals surface area contributed by atoms with Gasteiger partial charge in [-0.1, -0.05) is 25.1 Å². The number of aryl methyl sites for hydroxylation is 2. The molecule has 1 aromatic carbocycles. The first kappa shape index (κ1) is 15.2. The summed E-state index contributed by atoms with van der Waals surface area (Å²) in [5.41, 5.74) is 2.27. The number of carbonyl (C=O) groups is 2. The molecule has 0 aliphatic heterocycles. The number of nitrogens with one attached hydrogen (secondary N) is 1. The molecule has 2 N–H and O–H groups in total. The van der Waals surface area contributed by atoms with E-state index in [1.807, 2.05) is 38.1 Å². The minimum absolute atomic E-state index is 0.0826. The van der Waals surface area contributed by atoms with E-state index < -0.39 is 5.97 Å². The Labute approximate surface area is 126 Å². The van der Waals surface area contributed by atoms with Gasteiger partial charge in [0.15, 0.2) is 0 Å². The summed E-state index contributed by atoms with van der Waals surface area (Å²) in [7, 11) is 0. The van der Waals surface area contributed by atoms with Crippen molar-refractivity contribution in [2.24, 2.45) is 0 Å². The lowest BCUT2D eigenvalue weighted by Gasteiger charge is -2.06. The first-order valence-corrected chi connectivity index (χ1v) is 7.40. The molecule has 0 saturated carbocycles. The first-order valence-electron chi connectivity index (χ1n) is 6.58. The third-order valence-electron chi connectivity index (χ3n) is 3.00. The number of rotatable bonds is 5. The molecule has 2 aromatic rings. The molecule has 0 fully saturated rings. The number of aromatic nitrogens is 1. The summed E-state index contributed by atoms with van der Waals surface area (Å²) in [4.78, 5) is 27.6. The van der Waals surface area contributed by atoms with Gasteiger partial charge >= 0.3 is 5.97 Å². The fourth-order valence-electron chi connectivity index (χ4n) is 1.93. The van der Waals surface area contributed by atoms with Crippen LogP contribution in [0.5, 0.6) is 0 Å². The number of carbonyl (C=O) groups excluding carboxylic acids is 1. The molecule has 0 bridgehead atoms. The lowest BCUT2D eigenvalue weighted by molar-refractivity contribution is -0.115. The zero-order valence-electron chi connectivity index (χ0n) is 11.8. The van der Waals surface area contributed by atoms with E-state index in [1.165, 1.54) is 0 Å². The Bertz CT molecular complexity index is 679. The molecule has 1 heterocycles. The maximum Gasteiger partial charge on any atom is 0.347 e. The summed E-state index contributed by atoms with van der Waals surface area (Å²) >= 11 is 1.06. The summed E-state index contributed by atoms with van der Waals surface area (Å²) in [6, 6.07) is 7.49. The van der Waals surface area contributed by atoms with E-state index in [2.05, 4.69) is 10.3 Å². The monoisotopic (exact) mass is 304 g/mol. The number of amides is 1. The molecule has 0 atom stereocenters. The van der Waals surface area contributed by atoms with Crippen LogP contribution >= 0.6 is 11.3 Å². The van der Waals surface area contributed by atoms with Gasteiger partial charge in [0, 0.05) is 5.69 Å². The number of aromatic carboxylic acids is 1. The molecule has 6 heteroatoms. The Morgan fingerprint density at radius 1 is 1.33 bits per heavy atom. The van der Waals surface area contributed by atoms with Crippen LogP contribution in [0.3, 0.4) is 0 Å². The normalized spacial score (nSPS) is 10.4. The van der Waals surface area contributed by atoms with E-state index in [-0.39, 0.29) is 17.2 Å². The molecule has 0 unspecified atom stereocenters. The molecule has 0 spiro atoms. The van der Waals surface area contributed by atoms with Crippen molar-refractivity contribution in [2.75, 3.05) is 5.32 Å². The molecule has 1 aromatic heterocycles. The number of carboxylic acids is 1. The van der Waals surface area contributed by atoms with Gasteiger partial charge < -0.3 is 10.4 Å². The lowest BCUT2D eigenvalue weighted by Crippen LogP contribution is -2.15. The molecule has 0 saturated heterocycles. The van der Waals surface area contributed by atoms with Crippen molar-refractivity contribution in [1.29, 1.82) is 0 Å². The predicted molar refractivity (Wildman–Crippen MR) is 82.0 cm³/mol. The van der Waals surface area contributed by atoms with Gasteiger partial charge in [-0.3, -0.25) is 4.79 Å². The second-order valence-corrected chi connectivity index (χ2v) is 5.67. The Morgan fingerprint density at radius 3 is 2.62 bits per heavy atom. The van der Waals surface area contributed by atoms with Crippen LogP contribution in [0.15, 0.2) is 24.3 Å². The average Bonchev–Trinajstić information content (AvgIpc) is 2.84. The Morgan fingerprint density at radius 2 is 2.05 bits per heavy atom. The highest BCUT2D eigenvalue weighted by Gasteiger charge is 2.17. The van der Waals surface area contributed by atoms with Crippen LogP contribution in [0, 0.1) is 6.92 Å². The third-order valence-corrected chi connectivity index (χ3v) is 4.09. The minimum Gasteiger partial charge on any atom is -0.477 e. The average molecular weight is 304 g/mol. The summed E-state index contributed by atoms with van der Waals surface area (Å²) in [5.74, 6) is -1.19. The van der Waals surface area contributed by atoms with E-state index >= 15 is 0 Å². The SMILES string of the molecule is CCc1nc(CC(=O)Nc2ccccc2C)sc1C(=O)O. The first-order chi connectivity index (χ1) is 10.0. The van der Waals surface area contributed by atoms with Crippen LogP contribution in [0.4, 0.5) is 5.69 Å². The number of hydrogen-bond donors (Lipinski definition) is 2. The van der Waals surface area contributed by atoms with Crippen molar-refractivity contribution >= 4 is 28.9 Å². The highest BCUT2D eigenvalue weighted by atomic mass is 32.1. The second-order valence-electron chi connectivity index (χ2n) is 4.58. The van der Waals surface area contributed by atoms with Crippen molar-refractivity contribution in [1.82, 2.24) is 4.98 Å². The summed E-state index contributed by atoms with van der Waals surface area (Å²) < 4.78 is 0. The predicted octanol–water partition coefficient (Wildman–Crippen LogP) is 2.89. The zero-order chi connectivity index (χ0) is 15.4. The number of thiazole rings is 1. The van der Waals surface area contributed by atoms with Crippen LogP contribution in [0.2, 0.25) is 0 Å². The number of benzene rings is 1. The van der Waals surface area contributed by atoms with Gasteiger partial charge in [0.05, 0.1) is 12.1 Å². The Kier molecular flexibility index (Phi) is 4.70. The van der Waals surface area contributed by atoms with E-state index in [0.717, 1.165) is 22.6 Å². The van der Waals surface area contributed by atoms with Crippen LogP contribution in [-0.4, -0.2) is 22.0 Å². The standard InChI is InChI=1S/C15H16N2O3S/c1-3-10-14(15(19)20)21-13(17-10)8-12(18)16-11-7-5-4-6-9(11)2/h4-7H,3,8H2,1-2H3,(H,16,18)(H,19,20). The summed E-state index contributed by atoms with van der Waals surface area (Å²) in [6.07, 6.45) is 0.622. The van der Waals surface area contributed by atoms with Gasteiger partial charge in [-0.05, 0) is 25.0 Å². The lowest BCUT2D eigenvalue weighted by atomic mass is 10.2. The van der Waals surface area contributed by atoms with Gasteiger partial charge in [0.2, 0.25) is 5.91 Å². The summed E-state index contributed by atoms with van der Waals surface area (Å²) in [5, 5.41) is 12.4. The van der Waals surface area contributed by atoms with Crippen molar-refractivity contribution < 1.29 is 14.7 Å². The van der Waals surface area contributed by atoms with Gasteiger partial charge in [-0.25, -0.2) is 9.78 Å². The number of para-hydroxylation sites is 1. The smallest absolute Gasteiger partial charge is 0.347 e. The molecule has 0 aliphatic carbocycles. The van der Waals surface area contributed by atoms with Gasteiger partial charge in [0.25, 0.3) is 0 Å². The third kappa shape index (κ3) is 3.66. The summed E-state index contributed by atoms with van der Waals surface area (Å²) in [6.45, 7) is 3.76. The van der Waals surface area contributed by atoms with Crippen LogP contribution < -0.4 is 5.32 Å². The molecule has 1 amide bonds.